The third-order valence-corrected chi connectivity index (χ3v) is 17.4. The fourth-order valence-electron chi connectivity index (χ4n) is 11.5. The van der Waals surface area contributed by atoms with Crippen molar-refractivity contribution in [2.75, 3.05) is 43.1 Å². The molecule has 5 atom stereocenters. The van der Waals surface area contributed by atoms with Gasteiger partial charge in [0.05, 0.1) is 69.1 Å². The number of hydroxylamine groups is 1. The number of aldehydes is 1. The van der Waals surface area contributed by atoms with Crippen LogP contribution in [0.15, 0.2) is 87.0 Å². The van der Waals surface area contributed by atoms with E-state index in [4.69, 9.17) is 9.83 Å². The summed E-state index contributed by atoms with van der Waals surface area (Å²) in [5.41, 5.74) is 7.73. The molecule has 4 aliphatic heterocycles. The molecule has 3 aromatic heterocycles. The zero-order valence-electron chi connectivity index (χ0n) is 45.5. The van der Waals surface area contributed by atoms with Gasteiger partial charge in [0.2, 0.25) is 11.6 Å². The number of carbonyl (C=O) groups excluding carboxylic acids is 3. The molecule has 5 aliphatic rings. The highest BCUT2D eigenvalue weighted by Gasteiger charge is 2.46. The Kier molecular flexibility index (Phi) is 17.2. The van der Waals surface area contributed by atoms with Crippen LogP contribution >= 0.6 is 11.3 Å². The van der Waals surface area contributed by atoms with Crippen molar-refractivity contribution in [3.8, 4) is 10.4 Å². The van der Waals surface area contributed by atoms with E-state index in [1.165, 1.54) is 15.7 Å². The number of aryl methyl sites for hydroxylation is 2. The van der Waals surface area contributed by atoms with Crippen molar-refractivity contribution < 1.29 is 41.5 Å². The number of sulfone groups is 1. The predicted octanol–water partition coefficient (Wildman–Crippen LogP) is 6.36. The summed E-state index contributed by atoms with van der Waals surface area (Å²) in [5, 5.41) is 20.1. The van der Waals surface area contributed by atoms with Gasteiger partial charge in [0.1, 0.15) is 17.9 Å². The van der Waals surface area contributed by atoms with Crippen LogP contribution in [0.5, 0.6) is 0 Å². The zero-order valence-corrected chi connectivity index (χ0v) is 47.2. The Balaban J connectivity index is 0.737. The number of amides is 2. The van der Waals surface area contributed by atoms with Gasteiger partial charge in [0, 0.05) is 86.5 Å². The number of aliphatic hydroxyl groups is 1. The lowest BCUT2D eigenvalue weighted by atomic mass is 9.84. The number of aliphatic hydroxyl groups excluding tert-OH is 1. The minimum absolute atomic E-state index is 0.0628. The van der Waals surface area contributed by atoms with Gasteiger partial charge < -0.3 is 35.3 Å². The van der Waals surface area contributed by atoms with Gasteiger partial charge in [0.25, 0.3) is 11.5 Å². The Labute approximate surface area is 463 Å². The number of hydrogen-bond donors (Lipinski definition) is 5. The number of rotatable bonds is 23. The topological polar surface area (TPSA) is 230 Å². The largest absolute Gasteiger partial charge is 0.392 e. The first kappa shape index (κ1) is 57.2. The van der Waals surface area contributed by atoms with Crippen molar-refractivity contribution in [3.05, 3.63) is 122 Å². The lowest BCUT2D eigenvalue weighted by Gasteiger charge is -2.37. The number of halogens is 2. The molecule has 1 aliphatic carbocycles. The van der Waals surface area contributed by atoms with E-state index in [-0.39, 0.29) is 47.4 Å². The molecule has 18 nitrogen and oxygen atoms in total. The molecule has 1 aromatic carbocycles. The highest BCUT2D eigenvalue weighted by Crippen LogP contribution is 2.47. The summed E-state index contributed by atoms with van der Waals surface area (Å²) < 4.78 is 57.0. The van der Waals surface area contributed by atoms with Crippen molar-refractivity contribution in [1.29, 1.82) is 0 Å². The number of nitrogens with one attached hydrogen (secondary N) is 4. The minimum atomic E-state index is -3.77. The SMILES string of the molecule is Cc1ncsc1-c1ccc([C@]2(C)N=C([C@@H]3C[C@@H](O)CN3CC(C)(C)[C@@H](C=O)NC(=O)CCCCCCCCCCNC(=O)C3=C(CS(C)(=O)=O)c4ccn(C)c(=O)c4C4=C5C3=CN(c3ncc(F)cc3F)C5CCN4)NO2)cc1. The third kappa shape index (κ3) is 12.5. The number of amidine groups is 1. The third-order valence-electron chi connectivity index (χ3n) is 15.6. The van der Waals surface area contributed by atoms with Gasteiger partial charge in [-0.15, -0.1) is 11.3 Å². The van der Waals surface area contributed by atoms with Crippen LogP contribution in [0.4, 0.5) is 14.6 Å². The van der Waals surface area contributed by atoms with Crippen LogP contribution in [0.25, 0.3) is 21.7 Å². The summed E-state index contributed by atoms with van der Waals surface area (Å²) >= 11 is 1.59. The van der Waals surface area contributed by atoms with Crippen LogP contribution in [0.1, 0.15) is 114 Å². The number of thiazole rings is 1. The summed E-state index contributed by atoms with van der Waals surface area (Å²) in [5.74, 6) is -2.62. The first-order valence-corrected chi connectivity index (χ1v) is 30.0. The van der Waals surface area contributed by atoms with Crippen LogP contribution in [-0.4, -0.2) is 119 Å². The normalized spacial score (nSPS) is 21.4. The summed E-state index contributed by atoms with van der Waals surface area (Å²) in [6.45, 7) is 9.19. The van der Waals surface area contributed by atoms with E-state index in [0.29, 0.717) is 73.6 Å². The van der Waals surface area contributed by atoms with E-state index in [2.05, 4.69) is 36.3 Å². The Bertz CT molecular complexity index is 3300. The second-order valence-electron chi connectivity index (χ2n) is 22.2. The van der Waals surface area contributed by atoms with Gasteiger partial charge in [-0.2, -0.15) is 0 Å². The van der Waals surface area contributed by atoms with Crippen molar-refractivity contribution in [2.24, 2.45) is 17.5 Å². The average Bonchev–Trinajstić information content (AvgIpc) is 4.40. The lowest BCUT2D eigenvalue weighted by molar-refractivity contribution is -0.126. The highest BCUT2D eigenvalue weighted by molar-refractivity contribution is 7.91. The summed E-state index contributed by atoms with van der Waals surface area (Å²) in [7, 11) is -2.19. The molecule has 422 valence electrons. The smallest absolute Gasteiger partial charge is 0.260 e. The maximum absolute atomic E-state index is 15.4. The van der Waals surface area contributed by atoms with Gasteiger partial charge >= 0.3 is 0 Å². The van der Waals surface area contributed by atoms with Crippen molar-refractivity contribution in [2.45, 2.75) is 128 Å². The number of carbonyl (C=O) groups is 3. The molecule has 1 unspecified atom stereocenters. The van der Waals surface area contributed by atoms with Crippen molar-refractivity contribution in [1.82, 2.24) is 40.9 Å². The first-order chi connectivity index (χ1) is 37.7. The second kappa shape index (κ2) is 23.7. The number of β-amino-alcohol motifs (C(OH)–C–C–N with tert-alkyl or cyclic N) is 1. The summed E-state index contributed by atoms with van der Waals surface area (Å²) in [6, 6.07) is 8.79. The molecule has 4 aromatic rings. The number of benzene rings is 1. The van der Waals surface area contributed by atoms with Crippen LogP contribution < -0.4 is 31.9 Å². The second-order valence-corrected chi connectivity index (χ2v) is 25.2. The number of hydrogen-bond acceptors (Lipinski definition) is 16. The molecular weight excluding hydrogens is 1050 g/mol. The molecule has 1 saturated heterocycles. The number of unbranched alkanes of at least 4 members (excludes halogenated alkanes) is 7. The van der Waals surface area contributed by atoms with Crippen LogP contribution in [-0.2, 0) is 41.8 Å². The van der Waals surface area contributed by atoms with E-state index < -0.39 is 68.0 Å². The highest BCUT2D eigenvalue weighted by atomic mass is 32.2. The maximum atomic E-state index is 15.4. The van der Waals surface area contributed by atoms with E-state index in [1.54, 1.807) is 30.7 Å². The van der Waals surface area contributed by atoms with Gasteiger partial charge in [-0.05, 0) is 62.3 Å². The number of aliphatic imine (C=N–C) groups is 1. The van der Waals surface area contributed by atoms with Gasteiger partial charge in [-0.3, -0.25) is 19.3 Å². The zero-order chi connectivity index (χ0) is 56.4. The van der Waals surface area contributed by atoms with Crippen molar-refractivity contribution in [3.63, 3.8) is 0 Å². The quantitative estimate of drug-likeness (QED) is 0.0403. The molecular formula is C57H70F2N10O8S2. The molecule has 79 heavy (non-hydrogen) atoms. The molecule has 22 heteroatoms. The standard InChI is InChI=1S/C57H70F2N10O8S2/c1-34-51(78-33-63-34)35-16-18-36(19-17-35)57(4)65-52(66-77-57)44-26-38(71)28-68(44)32-56(2,3)45(30-70)64-46(72)15-13-11-9-7-8-10-12-14-22-61-54(73)47-40-29-69(53-42(59)25-37(58)27-62-53)43-20-23-60-50(48(40)43)49-39(21-24-67(5)55(49)74)41(47)31-79(6,75)76/h16-19,21,24-25,27,29-30,33,38,43-45,60,71H,7-15,20,22-23,26,28,31-32H2,1-6H3,(H,61,73)(H,64,72)(H,65,66)/t38-,43?,44+,45-,57-/m1/s1. The Morgan fingerprint density at radius 2 is 1.77 bits per heavy atom. The van der Waals surface area contributed by atoms with E-state index in [1.807, 2.05) is 57.5 Å². The Morgan fingerprint density at radius 3 is 2.46 bits per heavy atom. The first-order valence-electron chi connectivity index (χ1n) is 27.1. The lowest BCUT2D eigenvalue weighted by Crippen LogP contribution is -2.53. The molecule has 0 radical (unpaired) electrons. The van der Waals surface area contributed by atoms with Crippen LogP contribution in [0.3, 0.4) is 0 Å². The number of likely N-dealkylation sites (tertiary alicyclic amines) is 1. The fourth-order valence-corrected chi connectivity index (χ4v) is 13.2. The molecule has 2 amide bonds. The molecule has 0 bridgehead atoms. The maximum Gasteiger partial charge on any atom is 0.260 e. The van der Waals surface area contributed by atoms with Gasteiger partial charge in [-0.25, -0.2) is 42.5 Å². The Hall–Kier alpha value is -6.46. The molecule has 9 rings (SSSR count). The number of anilines is 1. The summed E-state index contributed by atoms with van der Waals surface area (Å²) in [4.78, 5) is 78.4. The van der Waals surface area contributed by atoms with Gasteiger partial charge in [-0.1, -0.05) is 76.6 Å². The van der Waals surface area contributed by atoms with E-state index in [0.717, 1.165) is 85.0 Å². The number of fused-ring (bicyclic) bond motifs is 2. The van der Waals surface area contributed by atoms with Crippen LogP contribution in [0.2, 0.25) is 0 Å². The summed E-state index contributed by atoms with van der Waals surface area (Å²) in [6.07, 6.45) is 13.0. The van der Waals surface area contributed by atoms with Crippen LogP contribution in [0, 0.1) is 24.0 Å². The predicted molar refractivity (Wildman–Crippen MR) is 300 cm³/mol. The average molecular weight is 1130 g/mol. The fraction of sp³-hybridized carbons (Fsp3) is 0.491. The molecule has 1 fully saturated rings. The molecule has 0 saturated carbocycles. The number of nitrogens with zero attached hydrogens (tertiary/aromatic N) is 6. The molecule has 7 heterocycles. The molecule has 5 N–H and O–H groups in total. The number of pyridine rings is 2. The van der Waals surface area contributed by atoms with Crippen molar-refractivity contribution >= 4 is 62.2 Å². The Morgan fingerprint density at radius 1 is 1.05 bits per heavy atom. The van der Waals surface area contributed by atoms with E-state index >= 15 is 4.39 Å². The number of aromatic nitrogens is 3. The molecule has 0 spiro atoms. The minimum Gasteiger partial charge on any atom is -0.392 e. The monoisotopic (exact) mass is 1120 g/mol. The van der Waals surface area contributed by atoms with Gasteiger partial charge in [0.15, 0.2) is 21.5 Å². The van der Waals surface area contributed by atoms with E-state index in [9.17, 15) is 37.1 Å².